The first-order valence-corrected chi connectivity index (χ1v) is 24.1. The SMILES string of the molecule is COc1cc2c(Oc3ccc(CC(=O)Cc4cc(C)ccc4F)c(Cl)c3)ncnc2cc1O.COc1cc2c(Oc3ccc(CC(=O)Cc4cc(C)ccc4F)c(Cl)c3)ncnc2cc1OCCCOC1COC1. The molecule has 0 bridgehead atoms. The Labute approximate surface area is 435 Å². The highest BCUT2D eigenvalue weighted by molar-refractivity contribution is 6.32. The van der Waals surface area contributed by atoms with Gasteiger partial charge in [0.25, 0.3) is 0 Å². The van der Waals surface area contributed by atoms with Crippen LogP contribution in [-0.4, -0.2) is 83.4 Å². The van der Waals surface area contributed by atoms with E-state index in [4.69, 9.17) is 56.4 Å². The Kier molecular flexibility index (Phi) is 17.5. The Balaban J connectivity index is 0.000000202. The molecule has 74 heavy (non-hydrogen) atoms. The van der Waals surface area contributed by atoms with Crippen LogP contribution in [0.5, 0.6) is 46.3 Å². The van der Waals surface area contributed by atoms with E-state index in [0.717, 1.165) is 17.5 Å². The minimum absolute atomic E-state index is 0.00771. The molecule has 8 aromatic rings. The van der Waals surface area contributed by atoms with E-state index >= 15 is 0 Å². The third-order valence-electron chi connectivity index (χ3n) is 11.7. The Morgan fingerprint density at radius 2 is 1.11 bits per heavy atom. The highest BCUT2D eigenvalue weighted by Crippen LogP contribution is 2.38. The van der Waals surface area contributed by atoms with Gasteiger partial charge < -0.3 is 38.3 Å². The van der Waals surface area contributed by atoms with Gasteiger partial charge in [0.1, 0.15) is 53.5 Å². The maximum absolute atomic E-state index is 14.1. The lowest BCUT2D eigenvalue weighted by atomic mass is 10.0. The number of fused-ring (bicyclic) bond motifs is 2. The molecule has 6 aromatic carbocycles. The largest absolute Gasteiger partial charge is 0.504 e. The molecule has 1 aliphatic rings. The van der Waals surface area contributed by atoms with Crippen molar-refractivity contribution in [2.24, 2.45) is 0 Å². The lowest BCUT2D eigenvalue weighted by Gasteiger charge is -2.25. The molecule has 2 aromatic heterocycles. The van der Waals surface area contributed by atoms with Crippen molar-refractivity contribution in [1.29, 1.82) is 0 Å². The van der Waals surface area contributed by atoms with Crippen LogP contribution in [0.15, 0.2) is 110 Å². The van der Waals surface area contributed by atoms with Gasteiger partial charge in [-0.2, -0.15) is 0 Å². The third-order valence-corrected chi connectivity index (χ3v) is 12.4. The van der Waals surface area contributed by atoms with Crippen LogP contribution in [0, 0.1) is 25.5 Å². The zero-order valence-electron chi connectivity index (χ0n) is 40.8. The summed E-state index contributed by atoms with van der Waals surface area (Å²) in [5.74, 6) is 1.62. The van der Waals surface area contributed by atoms with Gasteiger partial charge >= 0.3 is 0 Å². The summed E-state index contributed by atoms with van der Waals surface area (Å²) < 4.78 is 67.4. The molecule has 382 valence electrons. The van der Waals surface area contributed by atoms with Gasteiger partial charge in [0.05, 0.1) is 62.5 Å². The van der Waals surface area contributed by atoms with Crippen LogP contribution in [0.3, 0.4) is 0 Å². The summed E-state index contributed by atoms with van der Waals surface area (Å²) in [7, 11) is 3.00. The lowest BCUT2D eigenvalue weighted by Crippen LogP contribution is -2.36. The van der Waals surface area contributed by atoms with Crippen molar-refractivity contribution in [3.05, 3.63) is 165 Å². The average molecular weight is 1050 g/mol. The van der Waals surface area contributed by atoms with Crippen molar-refractivity contribution in [2.75, 3.05) is 40.6 Å². The molecule has 3 heterocycles. The van der Waals surface area contributed by atoms with Gasteiger partial charge in [-0.1, -0.05) is 70.7 Å². The number of halogens is 4. The van der Waals surface area contributed by atoms with Crippen LogP contribution in [0.2, 0.25) is 10.0 Å². The molecule has 0 radical (unpaired) electrons. The summed E-state index contributed by atoms with van der Waals surface area (Å²) in [4.78, 5) is 42.1. The highest BCUT2D eigenvalue weighted by Gasteiger charge is 2.20. The number of aromatic hydroxyl groups is 1. The lowest BCUT2D eigenvalue weighted by molar-refractivity contribution is -0.130. The monoisotopic (exact) mass is 1050 g/mol. The van der Waals surface area contributed by atoms with Crippen molar-refractivity contribution in [2.45, 2.75) is 52.1 Å². The molecule has 1 fully saturated rings. The van der Waals surface area contributed by atoms with E-state index in [0.29, 0.717) is 109 Å². The number of aromatic nitrogens is 4. The van der Waals surface area contributed by atoms with Crippen LogP contribution in [-0.2, 0) is 44.7 Å². The smallest absolute Gasteiger partial charge is 0.230 e. The second-order valence-corrected chi connectivity index (χ2v) is 18.2. The first-order valence-electron chi connectivity index (χ1n) is 23.4. The van der Waals surface area contributed by atoms with Crippen molar-refractivity contribution in [1.82, 2.24) is 19.9 Å². The molecule has 14 nitrogen and oxygen atoms in total. The van der Waals surface area contributed by atoms with Crippen LogP contribution in [0.1, 0.15) is 39.8 Å². The van der Waals surface area contributed by atoms with Gasteiger partial charge in [-0.15, -0.1) is 0 Å². The van der Waals surface area contributed by atoms with Crippen LogP contribution >= 0.6 is 23.2 Å². The Morgan fingerprint density at radius 1 is 0.608 bits per heavy atom. The Bertz CT molecular complexity index is 3340. The fraction of sp³-hybridized carbons (Fsp3) is 0.250. The maximum atomic E-state index is 14.1. The zero-order valence-corrected chi connectivity index (χ0v) is 42.3. The van der Waals surface area contributed by atoms with E-state index < -0.39 is 11.6 Å². The number of phenols is 1. The summed E-state index contributed by atoms with van der Waals surface area (Å²) in [6.45, 7) is 6.05. The topological polar surface area (TPSA) is 171 Å². The molecule has 0 saturated carbocycles. The first-order chi connectivity index (χ1) is 35.7. The van der Waals surface area contributed by atoms with E-state index in [-0.39, 0.29) is 60.7 Å². The maximum Gasteiger partial charge on any atom is 0.230 e. The molecule has 1 aliphatic heterocycles. The van der Waals surface area contributed by atoms with E-state index in [9.17, 15) is 23.5 Å². The molecular formula is C56H50Cl2F2N4O10. The Morgan fingerprint density at radius 3 is 1.59 bits per heavy atom. The van der Waals surface area contributed by atoms with Crippen LogP contribution in [0.4, 0.5) is 8.78 Å². The van der Waals surface area contributed by atoms with Crippen molar-refractivity contribution >= 4 is 56.6 Å². The molecule has 1 saturated heterocycles. The number of hydrogen-bond donors (Lipinski definition) is 1. The van der Waals surface area contributed by atoms with Crippen molar-refractivity contribution < 1.29 is 56.6 Å². The van der Waals surface area contributed by atoms with Gasteiger partial charge in [0.15, 0.2) is 23.0 Å². The van der Waals surface area contributed by atoms with Crippen LogP contribution < -0.4 is 23.7 Å². The molecule has 0 aliphatic carbocycles. The fourth-order valence-corrected chi connectivity index (χ4v) is 8.31. The second kappa shape index (κ2) is 24.5. The molecule has 1 N–H and O–H groups in total. The number of carbonyl (C=O) groups is 2. The number of benzene rings is 6. The fourth-order valence-electron chi connectivity index (χ4n) is 7.83. The molecule has 9 rings (SSSR count). The minimum Gasteiger partial charge on any atom is -0.504 e. The number of methoxy groups -OCH3 is 2. The molecule has 0 spiro atoms. The van der Waals surface area contributed by atoms with Crippen molar-refractivity contribution in [3.63, 3.8) is 0 Å². The number of ketones is 2. The predicted octanol–water partition coefficient (Wildman–Crippen LogP) is 11.7. The number of ether oxygens (including phenoxy) is 7. The second-order valence-electron chi connectivity index (χ2n) is 17.3. The number of hydrogen-bond acceptors (Lipinski definition) is 14. The summed E-state index contributed by atoms with van der Waals surface area (Å²) in [6.07, 6.45) is 3.76. The molecule has 0 amide bonds. The normalized spacial score (nSPS) is 12.2. The number of nitrogens with zero attached hydrogens (tertiary/aromatic N) is 4. The first kappa shape index (κ1) is 52.8. The van der Waals surface area contributed by atoms with E-state index in [2.05, 4.69) is 19.9 Å². The van der Waals surface area contributed by atoms with Crippen LogP contribution in [0.25, 0.3) is 21.8 Å². The number of phenolic OH excluding ortho intramolecular Hbond substituents is 1. The number of rotatable bonds is 20. The quantitative estimate of drug-likeness (QED) is 0.0715. The van der Waals surface area contributed by atoms with Gasteiger partial charge in [0, 0.05) is 54.3 Å². The number of Topliss-reactive ketones (excluding diaryl/α,β-unsaturated/α-hetero) is 2. The van der Waals surface area contributed by atoms with Gasteiger partial charge in [-0.3, -0.25) is 9.59 Å². The molecule has 0 unspecified atom stereocenters. The van der Waals surface area contributed by atoms with Crippen molar-refractivity contribution in [3.8, 4) is 46.3 Å². The van der Waals surface area contributed by atoms with Gasteiger partial charge in [-0.05, 0) is 84.6 Å². The predicted molar refractivity (Wildman–Crippen MR) is 275 cm³/mol. The zero-order chi connectivity index (χ0) is 52.3. The summed E-state index contributed by atoms with van der Waals surface area (Å²) in [5.41, 5.74) is 4.87. The minimum atomic E-state index is -0.397. The number of aryl methyl sites for hydroxylation is 2. The van der Waals surface area contributed by atoms with E-state index in [1.165, 1.54) is 38.0 Å². The average Bonchev–Trinajstić information content (AvgIpc) is 3.36. The summed E-state index contributed by atoms with van der Waals surface area (Å²) in [6, 6.07) is 26.0. The molecule has 18 heteroatoms. The summed E-state index contributed by atoms with van der Waals surface area (Å²) >= 11 is 12.9. The Hall–Kier alpha value is -7.50. The highest BCUT2D eigenvalue weighted by atomic mass is 35.5. The van der Waals surface area contributed by atoms with Gasteiger partial charge in [0.2, 0.25) is 11.8 Å². The third kappa shape index (κ3) is 13.6. The van der Waals surface area contributed by atoms with E-state index in [1.807, 2.05) is 13.8 Å². The summed E-state index contributed by atoms with van der Waals surface area (Å²) in [5, 5.41) is 11.8. The van der Waals surface area contributed by atoms with E-state index in [1.54, 1.807) is 86.0 Å². The number of carbonyl (C=O) groups excluding carboxylic acids is 2. The standard InChI is InChI=1S/C31H30ClFN2O6.C25H20ClFN2O4/c1-19-4-7-27(33)21(10-19)12-22(36)11-20-5-6-23(13-26(20)32)41-31-25-14-29(37-2)30(15-28(25)34-18-35-31)40-9-3-8-39-24-16-38-17-24;1-14-3-6-21(27)16(7-14)9-17(30)8-15-4-5-18(10-20(15)26)33-25-19-11-24(32-2)23(31)12-22(19)28-13-29-25/h4-7,10,13-15,18,24H,3,8-9,11-12,16-17H2,1-2H3;3-7,10-13,31H,8-9H2,1-2H3. The molecule has 0 atom stereocenters. The van der Waals surface area contributed by atoms with Gasteiger partial charge in [-0.25, -0.2) is 28.7 Å². The molecular weight excluding hydrogens is 998 g/mol.